The van der Waals surface area contributed by atoms with E-state index in [0.717, 1.165) is 57.0 Å². The van der Waals surface area contributed by atoms with E-state index in [-0.39, 0.29) is 41.8 Å². The summed E-state index contributed by atoms with van der Waals surface area (Å²) in [5.74, 6) is 6.74. The molecule has 4 aromatic rings. The van der Waals surface area contributed by atoms with Crippen molar-refractivity contribution in [1.29, 1.82) is 0 Å². The van der Waals surface area contributed by atoms with Gasteiger partial charge in [-0.3, -0.25) is 19.4 Å². The summed E-state index contributed by atoms with van der Waals surface area (Å²) < 4.78 is 0. The lowest BCUT2D eigenvalue weighted by molar-refractivity contribution is -0.126. The zero-order valence-electron chi connectivity index (χ0n) is 32.6. The Morgan fingerprint density at radius 2 is 1.35 bits per heavy atom. The first-order valence-electron chi connectivity index (χ1n) is 20.4. The van der Waals surface area contributed by atoms with E-state index >= 15 is 0 Å². The second-order valence-electron chi connectivity index (χ2n) is 16.6. The molecule has 0 saturated carbocycles. The van der Waals surface area contributed by atoms with Crippen LogP contribution in [0.2, 0.25) is 0 Å². The molecule has 0 fully saturated rings. The van der Waals surface area contributed by atoms with Gasteiger partial charge in [-0.1, -0.05) is 55.7 Å². The molecule has 282 valence electrons. The summed E-state index contributed by atoms with van der Waals surface area (Å²) in [7, 11) is 0. The van der Waals surface area contributed by atoms with E-state index in [4.69, 9.17) is 0 Å². The second-order valence-corrected chi connectivity index (χ2v) is 16.6. The van der Waals surface area contributed by atoms with E-state index < -0.39 is 0 Å². The molecule has 2 aliphatic heterocycles. The van der Waals surface area contributed by atoms with Crippen molar-refractivity contribution in [3.05, 3.63) is 83.2 Å². The SMILES string of the molecule is CCC[C@@H](C)NC(=O)[C@@H]1C=C2c3cccc4[nH]cc(c34)C[C@H]2N(CC#CCCC[C@@H](C)NC(=O)[C@@H]2C=C3c4cccc5[nH]cc(c45)C[C@H]3N(C(C)C)C2)C1. The van der Waals surface area contributed by atoms with E-state index in [0.29, 0.717) is 25.2 Å². The van der Waals surface area contributed by atoms with Crippen LogP contribution in [0.5, 0.6) is 0 Å². The van der Waals surface area contributed by atoms with Crippen molar-refractivity contribution in [3.63, 3.8) is 0 Å². The van der Waals surface area contributed by atoms with E-state index in [9.17, 15) is 9.59 Å². The molecule has 4 heterocycles. The van der Waals surface area contributed by atoms with E-state index in [2.05, 4.69) is 138 Å². The summed E-state index contributed by atoms with van der Waals surface area (Å²) in [5.41, 5.74) is 10.1. The zero-order valence-corrected chi connectivity index (χ0v) is 32.6. The van der Waals surface area contributed by atoms with Crippen LogP contribution in [0, 0.1) is 23.7 Å². The number of unbranched alkanes of at least 4 members (excludes halogenated alkanes) is 1. The van der Waals surface area contributed by atoms with Gasteiger partial charge in [-0.05, 0) is 105 Å². The molecular weight excluding hydrogens is 669 g/mol. The van der Waals surface area contributed by atoms with Crippen LogP contribution in [0.25, 0.3) is 33.0 Å². The predicted octanol–water partition coefficient (Wildman–Crippen LogP) is 7.22. The highest BCUT2D eigenvalue weighted by atomic mass is 16.2. The summed E-state index contributed by atoms with van der Waals surface area (Å²) in [6.45, 7) is 12.9. The molecule has 0 bridgehead atoms. The molecule has 8 heteroatoms. The van der Waals surface area contributed by atoms with Gasteiger partial charge >= 0.3 is 0 Å². The summed E-state index contributed by atoms with van der Waals surface area (Å²) in [6.07, 6.45) is 15.3. The van der Waals surface area contributed by atoms with Gasteiger partial charge in [0.25, 0.3) is 0 Å². The molecule has 0 spiro atoms. The highest BCUT2D eigenvalue weighted by Crippen LogP contribution is 2.43. The Balaban J connectivity index is 0.889. The van der Waals surface area contributed by atoms with Crippen LogP contribution in [-0.2, 0) is 22.4 Å². The highest BCUT2D eigenvalue weighted by molar-refractivity contribution is 6.00. The molecule has 0 radical (unpaired) electrons. The van der Waals surface area contributed by atoms with Gasteiger partial charge < -0.3 is 20.6 Å². The molecule has 2 amide bonds. The standard InChI is InChI=1S/C46H56N6O2/c1-6-13-29(4)49-45(53)33-20-37-35-15-11-17-39-43(35)31(24-47-39)22-41(37)51(26-33)19-10-8-7-9-14-30(5)50-46(54)34-21-38-36-16-12-18-40-44(36)32(25-48-40)23-42(38)52(27-34)28(2)3/h11-12,15-18,20-21,24-25,28-30,33-34,41-42,47-48H,6-7,9,13-14,19,22-23,26-27H2,1-5H3,(H,49,53)(H,50,54)/t29-,30-,33-,34-,41-,42-/m1/s1. The number of amides is 2. The average Bonchev–Trinajstić information content (AvgIpc) is 3.78. The molecule has 2 aromatic heterocycles. The Morgan fingerprint density at radius 1 is 0.778 bits per heavy atom. The van der Waals surface area contributed by atoms with Gasteiger partial charge in [-0.15, -0.1) is 5.92 Å². The fourth-order valence-corrected chi connectivity index (χ4v) is 9.69. The molecule has 4 N–H and O–H groups in total. The van der Waals surface area contributed by atoms with Gasteiger partial charge in [0.2, 0.25) is 11.8 Å². The Hall–Kier alpha value is -4.58. The first-order valence-corrected chi connectivity index (χ1v) is 20.4. The van der Waals surface area contributed by atoms with Crippen LogP contribution in [0.3, 0.4) is 0 Å². The molecule has 2 aliphatic carbocycles. The van der Waals surface area contributed by atoms with Crippen molar-refractivity contribution < 1.29 is 9.59 Å². The number of aromatic amines is 2. The third kappa shape index (κ3) is 6.93. The number of nitrogens with zero attached hydrogens (tertiary/aromatic N) is 2. The number of benzene rings is 2. The molecular formula is C46H56N6O2. The maximum Gasteiger partial charge on any atom is 0.228 e. The molecule has 8 rings (SSSR count). The Kier molecular flexibility index (Phi) is 10.3. The monoisotopic (exact) mass is 724 g/mol. The molecule has 0 saturated heterocycles. The Labute approximate surface area is 320 Å². The van der Waals surface area contributed by atoms with E-state index in [1.54, 1.807) is 0 Å². The van der Waals surface area contributed by atoms with Crippen molar-refractivity contribution in [3.8, 4) is 11.8 Å². The Morgan fingerprint density at radius 3 is 1.96 bits per heavy atom. The largest absolute Gasteiger partial charge is 0.361 e. The summed E-state index contributed by atoms with van der Waals surface area (Å²) >= 11 is 0. The van der Waals surface area contributed by atoms with E-state index in [1.807, 2.05) is 0 Å². The molecule has 54 heavy (non-hydrogen) atoms. The van der Waals surface area contributed by atoms with Crippen LogP contribution in [-0.4, -0.2) is 81.4 Å². The number of rotatable bonds is 11. The van der Waals surface area contributed by atoms with Gasteiger partial charge in [-0.2, -0.15) is 0 Å². The average molecular weight is 725 g/mol. The molecule has 4 aliphatic rings. The highest BCUT2D eigenvalue weighted by Gasteiger charge is 2.39. The molecule has 0 unspecified atom stereocenters. The van der Waals surface area contributed by atoms with Crippen molar-refractivity contribution >= 4 is 44.8 Å². The third-order valence-electron chi connectivity index (χ3n) is 12.4. The minimum absolute atomic E-state index is 0.0682. The number of hydrogen-bond acceptors (Lipinski definition) is 4. The summed E-state index contributed by atoms with van der Waals surface area (Å²) in [6, 6.07) is 14.0. The number of hydrogen-bond donors (Lipinski definition) is 4. The summed E-state index contributed by atoms with van der Waals surface area (Å²) in [5, 5.41) is 9.22. The van der Waals surface area contributed by atoms with Crippen molar-refractivity contribution in [2.24, 2.45) is 11.8 Å². The lowest BCUT2D eigenvalue weighted by Gasteiger charge is -2.44. The fraction of sp³-hybridized carbons (Fsp3) is 0.478. The van der Waals surface area contributed by atoms with Gasteiger partial charge in [-0.25, -0.2) is 0 Å². The number of nitrogens with one attached hydrogen (secondary N) is 4. The number of carbonyl (C=O) groups excluding carboxylic acids is 2. The minimum atomic E-state index is -0.214. The Bertz CT molecular complexity index is 2180. The van der Waals surface area contributed by atoms with Crippen LogP contribution >= 0.6 is 0 Å². The fourth-order valence-electron chi connectivity index (χ4n) is 9.69. The molecule has 8 nitrogen and oxygen atoms in total. The number of fused-ring (bicyclic) bond motifs is 4. The van der Waals surface area contributed by atoms with Crippen molar-refractivity contribution in [1.82, 2.24) is 30.4 Å². The maximum atomic E-state index is 13.7. The lowest BCUT2D eigenvalue weighted by Crippen LogP contribution is -2.51. The predicted molar refractivity (Wildman–Crippen MR) is 220 cm³/mol. The first kappa shape index (κ1) is 36.4. The van der Waals surface area contributed by atoms with Gasteiger partial charge in [0.15, 0.2) is 0 Å². The van der Waals surface area contributed by atoms with Gasteiger partial charge in [0, 0.05) is 83.9 Å². The van der Waals surface area contributed by atoms with Crippen LogP contribution < -0.4 is 10.6 Å². The quantitative estimate of drug-likeness (QED) is 0.0971. The first-order chi connectivity index (χ1) is 26.2. The van der Waals surface area contributed by atoms with Crippen LogP contribution in [0.15, 0.2) is 60.9 Å². The normalized spacial score (nSPS) is 23.1. The smallest absolute Gasteiger partial charge is 0.228 e. The minimum Gasteiger partial charge on any atom is -0.361 e. The van der Waals surface area contributed by atoms with Crippen LogP contribution in [0.1, 0.15) is 89.0 Å². The topological polar surface area (TPSA) is 96.3 Å². The van der Waals surface area contributed by atoms with Crippen molar-refractivity contribution in [2.75, 3.05) is 19.6 Å². The molecule has 6 atom stereocenters. The zero-order chi connectivity index (χ0) is 37.5. The molecule has 2 aromatic carbocycles. The third-order valence-corrected chi connectivity index (χ3v) is 12.4. The van der Waals surface area contributed by atoms with Gasteiger partial charge in [0.1, 0.15) is 0 Å². The van der Waals surface area contributed by atoms with E-state index in [1.165, 1.54) is 49.7 Å². The number of H-pyrrole nitrogens is 2. The lowest BCUT2D eigenvalue weighted by atomic mass is 9.79. The number of carbonyl (C=O) groups is 2. The number of aromatic nitrogens is 2. The second kappa shape index (κ2) is 15.3. The maximum absolute atomic E-state index is 13.7. The summed E-state index contributed by atoms with van der Waals surface area (Å²) in [4.78, 5) is 39.1. The van der Waals surface area contributed by atoms with Gasteiger partial charge in [0.05, 0.1) is 18.4 Å². The van der Waals surface area contributed by atoms with Crippen molar-refractivity contribution in [2.45, 2.75) is 110 Å². The van der Waals surface area contributed by atoms with Crippen LogP contribution in [0.4, 0.5) is 0 Å².